The average Bonchev–Trinajstić information content (AvgIpc) is 2.05. The lowest BCUT2D eigenvalue weighted by Crippen LogP contribution is -1.89. The number of nitrogens with zero attached hydrogens (tertiary/aromatic N) is 1. The lowest BCUT2D eigenvalue weighted by atomic mass is 10.1. The van der Waals surface area contributed by atoms with Gasteiger partial charge < -0.3 is 4.74 Å². The number of hydrogen-bond donors (Lipinski definition) is 0. The number of rotatable bonds is 1. The maximum absolute atomic E-state index is 8.63. The Balaban J connectivity index is 0. The summed E-state index contributed by atoms with van der Waals surface area (Å²) in [5.74, 6) is 0.768. The summed E-state index contributed by atoms with van der Waals surface area (Å²) in [6, 6.07) is 7.52. The van der Waals surface area contributed by atoms with E-state index in [1.54, 1.807) is 13.2 Å². The molecule has 0 fully saturated rings. The van der Waals surface area contributed by atoms with Gasteiger partial charge in [-0.05, 0) is 19.1 Å². The van der Waals surface area contributed by atoms with Crippen molar-refractivity contribution >= 4 is 24.8 Å². The summed E-state index contributed by atoms with van der Waals surface area (Å²) in [6.45, 7) is 1.87. The van der Waals surface area contributed by atoms with E-state index in [-0.39, 0.29) is 24.8 Å². The molecule has 0 heterocycles. The Morgan fingerprint density at radius 2 is 1.92 bits per heavy atom. The van der Waals surface area contributed by atoms with Crippen LogP contribution in [0.4, 0.5) is 0 Å². The van der Waals surface area contributed by atoms with Gasteiger partial charge in [0.05, 0.1) is 18.7 Å². The third-order valence-corrected chi connectivity index (χ3v) is 1.62. The lowest BCUT2D eigenvalue weighted by molar-refractivity contribution is 0.411. The topological polar surface area (TPSA) is 33.0 Å². The van der Waals surface area contributed by atoms with Crippen LogP contribution in [0.1, 0.15) is 11.1 Å². The highest BCUT2D eigenvalue weighted by Gasteiger charge is 2.01. The van der Waals surface area contributed by atoms with Gasteiger partial charge in [-0.3, -0.25) is 0 Å². The smallest absolute Gasteiger partial charge is 0.123 e. The van der Waals surface area contributed by atoms with Crippen molar-refractivity contribution in [1.82, 2.24) is 0 Å². The third kappa shape index (κ3) is 3.14. The molecule has 2 nitrogen and oxygen atoms in total. The zero-order valence-electron chi connectivity index (χ0n) is 7.40. The molecule has 0 aliphatic carbocycles. The van der Waals surface area contributed by atoms with Gasteiger partial charge in [0.25, 0.3) is 0 Å². The number of nitriles is 1. The van der Waals surface area contributed by atoms with E-state index in [1.165, 1.54) is 0 Å². The van der Waals surface area contributed by atoms with E-state index < -0.39 is 0 Å². The van der Waals surface area contributed by atoms with Crippen molar-refractivity contribution in [2.24, 2.45) is 0 Å². The molecule has 0 aliphatic heterocycles. The molecule has 0 aliphatic rings. The Morgan fingerprint density at radius 1 is 1.31 bits per heavy atom. The molecule has 1 rings (SSSR count). The fourth-order valence-corrected chi connectivity index (χ4v) is 0.957. The molecule has 0 radical (unpaired) electrons. The SMILES string of the molecule is COc1cccc(C#N)c1C.Cl.Cl. The van der Waals surface area contributed by atoms with Crippen LogP contribution in [0.3, 0.4) is 0 Å². The van der Waals surface area contributed by atoms with Crippen LogP contribution in [0.15, 0.2) is 18.2 Å². The van der Waals surface area contributed by atoms with Crippen molar-refractivity contribution in [1.29, 1.82) is 5.26 Å². The average molecular weight is 220 g/mol. The molecule has 72 valence electrons. The molecule has 13 heavy (non-hydrogen) atoms. The Kier molecular flexibility index (Phi) is 7.40. The molecule has 0 saturated heterocycles. The van der Waals surface area contributed by atoms with Gasteiger partial charge in [-0.2, -0.15) is 5.26 Å². The van der Waals surface area contributed by atoms with Crippen LogP contribution in [0.5, 0.6) is 5.75 Å². The van der Waals surface area contributed by atoms with Crippen LogP contribution in [-0.4, -0.2) is 7.11 Å². The van der Waals surface area contributed by atoms with Crippen molar-refractivity contribution < 1.29 is 4.74 Å². The van der Waals surface area contributed by atoms with Crippen molar-refractivity contribution in [3.05, 3.63) is 29.3 Å². The fourth-order valence-electron chi connectivity index (χ4n) is 0.957. The fraction of sp³-hybridized carbons (Fsp3) is 0.222. The maximum Gasteiger partial charge on any atom is 0.123 e. The lowest BCUT2D eigenvalue weighted by Gasteiger charge is -2.03. The van der Waals surface area contributed by atoms with Gasteiger partial charge in [-0.25, -0.2) is 0 Å². The van der Waals surface area contributed by atoms with Crippen molar-refractivity contribution in [3.63, 3.8) is 0 Å². The molecule has 0 atom stereocenters. The molecule has 1 aromatic rings. The molecule has 0 unspecified atom stereocenters. The minimum atomic E-state index is 0. The monoisotopic (exact) mass is 219 g/mol. The van der Waals surface area contributed by atoms with Gasteiger partial charge in [0, 0.05) is 5.56 Å². The van der Waals surface area contributed by atoms with Crippen LogP contribution in [0.2, 0.25) is 0 Å². The van der Waals surface area contributed by atoms with E-state index in [9.17, 15) is 0 Å². The zero-order chi connectivity index (χ0) is 8.27. The van der Waals surface area contributed by atoms with Gasteiger partial charge in [0.2, 0.25) is 0 Å². The molecular formula is C9H11Cl2NO. The molecule has 0 aromatic heterocycles. The number of hydrogen-bond acceptors (Lipinski definition) is 2. The van der Waals surface area contributed by atoms with Crippen molar-refractivity contribution in [2.75, 3.05) is 7.11 Å². The second kappa shape index (κ2) is 6.59. The second-order valence-corrected chi connectivity index (χ2v) is 2.24. The quantitative estimate of drug-likeness (QED) is 0.728. The number of methoxy groups -OCH3 is 1. The van der Waals surface area contributed by atoms with Crippen LogP contribution in [0, 0.1) is 18.3 Å². The normalized spacial score (nSPS) is 7.46. The summed E-state index contributed by atoms with van der Waals surface area (Å²) in [5, 5.41) is 8.63. The van der Waals surface area contributed by atoms with Crippen LogP contribution in [-0.2, 0) is 0 Å². The number of ether oxygens (including phenoxy) is 1. The number of halogens is 2. The van der Waals surface area contributed by atoms with E-state index in [1.807, 2.05) is 19.1 Å². The molecule has 0 saturated carbocycles. The van der Waals surface area contributed by atoms with Gasteiger partial charge in [0.1, 0.15) is 5.75 Å². The highest BCUT2D eigenvalue weighted by Crippen LogP contribution is 2.19. The molecule has 4 heteroatoms. The largest absolute Gasteiger partial charge is 0.496 e. The molecule has 0 amide bonds. The first-order valence-corrected chi connectivity index (χ1v) is 3.33. The Labute approximate surface area is 90.3 Å². The Bertz CT molecular complexity index is 307. The highest BCUT2D eigenvalue weighted by atomic mass is 35.5. The third-order valence-electron chi connectivity index (χ3n) is 1.62. The van der Waals surface area contributed by atoms with Gasteiger partial charge >= 0.3 is 0 Å². The molecule has 0 bridgehead atoms. The van der Waals surface area contributed by atoms with Crippen molar-refractivity contribution in [3.8, 4) is 11.8 Å². The first kappa shape index (κ1) is 14.6. The molecule has 1 aromatic carbocycles. The van der Waals surface area contributed by atoms with E-state index in [0.717, 1.165) is 11.3 Å². The van der Waals surface area contributed by atoms with Crippen LogP contribution < -0.4 is 4.74 Å². The van der Waals surface area contributed by atoms with Gasteiger partial charge in [0.15, 0.2) is 0 Å². The van der Waals surface area contributed by atoms with E-state index >= 15 is 0 Å². The summed E-state index contributed by atoms with van der Waals surface area (Å²) >= 11 is 0. The summed E-state index contributed by atoms with van der Waals surface area (Å²) in [6.07, 6.45) is 0. The van der Waals surface area contributed by atoms with Gasteiger partial charge in [-0.15, -0.1) is 24.8 Å². The maximum atomic E-state index is 8.63. The predicted molar refractivity (Wildman–Crippen MR) is 56.9 cm³/mol. The van der Waals surface area contributed by atoms with E-state index in [2.05, 4.69) is 6.07 Å². The zero-order valence-corrected chi connectivity index (χ0v) is 9.04. The first-order chi connectivity index (χ1) is 5.29. The van der Waals surface area contributed by atoms with E-state index in [0.29, 0.717) is 5.56 Å². The second-order valence-electron chi connectivity index (χ2n) is 2.24. The predicted octanol–water partition coefficient (Wildman–Crippen LogP) is 2.72. The highest BCUT2D eigenvalue weighted by molar-refractivity contribution is 5.85. The Hall–Kier alpha value is -0.910. The minimum absolute atomic E-state index is 0. The summed E-state index contributed by atoms with van der Waals surface area (Å²) < 4.78 is 5.04. The van der Waals surface area contributed by atoms with Crippen LogP contribution in [0.25, 0.3) is 0 Å². The molecule has 0 spiro atoms. The first-order valence-electron chi connectivity index (χ1n) is 3.33. The summed E-state index contributed by atoms with van der Waals surface area (Å²) in [5.41, 5.74) is 1.57. The number of benzene rings is 1. The molecule has 0 N–H and O–H groups in total. The Morgan fingerprint density at radius 3 is 2.38 bits per heavy atom. The summed E-state index contributed by atoms with van der Waals surface area (Å²) in [4.78, 5) is 0. The standard InChI is InChI=1S/C9H9NO.2ClH/c1-7-8(6-10)4-3-5-9(7)11-2;;/h3-5H,1-2H3;2*1H. The van der Waals surface area contributed by atoms with E-state index in [4.69, 9.17) is 10.00 Å². The molecular weight excluding hydrogens is 209 g/mol. The summed E-state index contributed by atoms with van der Waals surface area (Å²) in [7, 11) is 1.60. The van der Waals surface area contributed by atoms with Gasteiger partial charge in [-0.1, -0.05) is 6.07 Å². The van der Waals surface area contributed by atoms with Crippen LogP contribution >= 0.6 is 24.8 Å². The van der Waals surface area contributed by atoms with Crippen molar-refractivity contribution in [2.45, 2.75) is 6.92 Å². The minimum Gasteiger partial charge on any atom is -0.496 e.